The molecule has 0 radical (unpaired) electrons. The van der Waals surface area contributed by atoms with Gasteiger partial charge in [-0.1, -0.05) is 17.7 Å². The quantitative estimate of drug-likeness (QED) is 0.706. The van der Waals surface area contributed by atoms with E-state index in [4.69, 9.17) is 0 Å². The van der Waals surface area contributed by atoms with Crippen LogP contribution in [-0.2, 0) is 11.8 Å². The Kier molecular flexibility index (Phi) is 4.95. The first kappa shape index (κ1) is 18.3. The van der Waals surface area contributed by atoms with Crippen LogP contribution in [0.2, 0.25) is 0 Å². The molecule has 0 aliphatic carbocycles. The van der Waals surface area contributed by atoms with E-state index in [9.17, 15) is 4.79 Å². The molecule has 1 aromatic carbocycles. The topological polar surface area (TPSA) is 75.9 Å². The van der Waals surface area contributed by atoms with Crippen LogP contribution in [0.5, 0.6) is 0 Å². The van der Waals surface area contributed by atoms with Crippen molar-refractivity contribution in [2.75, 3.05) is 23.8 Å². The minimum absolute atomic E-state index is 0.102. The number of nitrogens with one attached hydrogen (secondary N) is 1. The second-order valence-electron chi connectivity index (χ2n) is 6.49. The Bertz CT molecular complexity index is 974. The summed E-state index contributed by atoms with van der Waals surface area (Å²) in [5.41, 5.74) is 4.86. The monoisotopic (exact) mass is 416 g/mol. The molecule has 7 nitrogen and oxygen atoms in total. The van der Waals surface area contributed by atoms with Gasteiger partial charge >= 0.3 is 0 Å². The third-order valence-electron chi connectivity index (χ3n) is 4.24. The molecule has 0 bridgehead atoms. The maximum Gasteiger partial charge on any atom is 0.243 e. The lowest BCUT2D eigenvalue weighted by molar-refractivity contribution is -0.114. The molecule has 0 atom stereocenters. The second kappa shape index (κ2) is 7.03. The van der Waals surface area contributed by atoms with E-state index < -0.39 is 0 Å². The van der Waals surface area contributed by atoms with Gasteiger partial charge in [0.2, 0.25) is 5.91 Å². The maximum absolute atomic E-state index is 12.6. The van der Waals surface area contributed by atoms with Gasteiger partial charge in [0, 0.05) is 19.8 Å². The summed E-state index contributed by atoms with van der Waals surface area (Å²) >= 11 is 3.44. The zero-order valence-corrected chi connectivity index (χ0v) is 17.0. The molecule has 0 saturated heterocycles. The van der Waals surface area contributed by atoms with Crippen molar-refractivity contribution in [2.24, 2.45) is 7.05 Å². The van der Waals surface area contributed by atoms with E-state index in [-0.39, 0.29) is 12.5 Å². The van der Waals surface area contributed by atoms with E-state index in [1.165, 1.54) is 11.9 Å². The van der Waals surface area contributed by atoms with Crippen molar-refractivity contribution in [3.05, 3.63) is 39.8 Å². The highest BCUT2D eigenvalue weighted by atomic mass is 79.9. The second-order valence-corrected chi connectivity index (χ2v) is 7.24. The molecule has 0 aliphatic heterocycles. The van der Waals surface area contributed by atoms with E-state index in [1.54, 1.807) is 9.58 Å². The van der Waals surface area contributed by atoms with Crippen LogP contribution in [0.1, 0.15) is 16.7 Å². The minimum atomic E-state index is -0.102. The lowest BCUT2D eigenvalue weighted by Gasteiger charge is -2.19. The summed E-state index contributed by atoms with van der Waals surface area (Å²) in [4.78, 5) is 23.0. The predicted octanol–water partition coefficient (Wildman–Crippen LogP) is 3.13. The van der Waals surface area contributed by atoms with Gasteiger partial charge in [0.1, 0.15) is 16.7 Å². The Hall–Kier alpha value is -2.48. The fourth-order valence-electron chi connectivity index (χ4n) is 3.16. The Balaban J connectivity index is 1.83. The number of carbonyl (C=O) groups is 1. The molecule has 0 unspecified atom stereocenters. The lowest BCUT2D eigenvalue weighted by Crippen LogP contribution is -2.31. The molecule has 2 aromatic heterocycles. The number of carbonyl (C=O) groups excluding carboxylic acids is 1. The molecule has 8 heteroatoms. The number of fused-ring (bicyclic) bond motifs is 1. The number of benzene rings is 1. The number of aromatic nitrogens is 4. The van der Waals surface area contributed by atoms with Crippen molar-refractivity contribution >= 4 is 44.4 Å². The number of likely N-dealkylation sites (N-methyl/N-ethyl adjacent to an activating group) is 1. The highest BCUT2D eigenvalue weighted by molar-refractivity contribution is 9.10. The lowest BCUT2D eigenvalue weighted by atomic mass is 10.1. The van der Waals surface area contributed by atoms with Gasteiger partial charge in [-0.05, 0) is 47.8 Å². The molecule has 26 heavy (non-hydrogen) atoms. The van der Waals surface area contributed by atoms with Crippen LogP contribution in [0.3, 0.4) is 0 Å². The van der Waals surface area contributed by atoms with Gasteiger partial charge in [0.25, 0.3) is 0 Å². The number of aryl methyl sites for hydroxylation is 4. The SMILES string of the molecule is Cc1cc(C)c(NC(=O)CN(C)c2ncnc3c2c(Br)nn3C)c(C)c1. The fraction of sp³-hybridized carbons (Fsp3) is 0.333. The summed E-state index contributed by atoms with van der Waals surface area (Å²) in [6, 6.07) is 4.13. The minimum Gasteiger partial charge on any atom is -0.350 e. The first-order valence-corrected chi connectivity index (χ1v) is 8.99. The van der Waals surface area contributed by atoms with Gasteiger partial charge in [-0.25, -0.2) is 14.6 Å². The van der Waals surface area contributed by atoms with Gasteiger partial charge in [0.15, 0.2) is 5.65 Å². The Labute approximate surface area is 160 Å². The first-order chi connectivity index (χ1) is 12.3. The van der Waals surface area contributed by atoms with Crippen LogP contribution in [0.4, 0.5) is 11.5 Å². The van der Waals surface area contributed by atoms with E-state index in [0.717, 1.165) is 22.2 Å². The van der Waals surface area contributed by atoms with Crippen molar-refractivity contribution in [1.29, 1.82) is 0 Å². The summed E-state index contributed by atoms with van der Waals surface area (Å²) < 4.78 is 2.33. The summed E-state index contributed by atoms with van der Waals surface area (Å²) in [7, 11) is 3.65. The largest absolute Gasteiger partial charge is 0.350 e. The van der Waals surface area contributed by atoms with Crippen LogP contribution in [0, 0.1) is 20.8 Å². The smallest absolute Gasteiger partial charge is 0.243 e. The highest BCUT2D eigenvalue weighted by Crippen LogP contribution is 2.29. The zero-order chi connectivity index (χ0) is 19.0. The molecular weight excluding hydrogens is 396 g/mol. The van der Waals surface area contributed by atoms with E-state index in [2.05, 4.69) is 48.4 Å². The summed E-state index contributed by atoms with van der Waals surface area (Å²) in [5, 5.41) is 8.12. The van der Waals surface area contributed by atoms with E-state index in [0.29, 0.717) is 16.1 Å². The molecule has 2 heterocycles. The third-order valence-corrected chi connectivity index (χ3v) is 4.80. The number of halogens is 1. The third kappa shape index (κ3) is 3.41. The van der Waals surface area contributed by atoms with Crippen molar-refractivity contribution in [2.45, 2.75) is 20.8 Å². The molecule has 136 valence electrons. The molecule has 1 N–H and O–H groups in total. The highest BCUT2D eigenvalue weighted by Gasteiger charge is 2.18. The van der Waals surface area contributed by atoms with Crippen molar-refractivity contribution in [3.63, 3.8) is 0 Å². The zero-order valence-electron chi connectivity index (χ0n) is 15.5. The average Bonchev–Trinajstić information content (AvgIpc) is 2.85. The molecule has 0 saturated carbocycles. The maximum atomic E-state index is 12.6. The van der Waals surface area contributed by atoms with Gasteiger partial charge < -0.3 is 10.2 Å². The van der Waals surface area contributed by atoms with Crippen LogP contribution < -0.4 is 10.2 Å². The molecule has 0 spiro atoms. The van der Waals surface area contributed by atoms with Crippen LogP contribution in [0.25, 0.3) is 11.0 Å². The van der Waals surface area contributed by atoms with Crippen molar-refractivity contribution in [3.8, 4) is 0 Å². The number of nitrogens with zero attached hydrogens (tertiary/aromatic N) is 5. The van der Waals surface area contributed by atoms with Crippen LogP contribution in [0.15, 0.2) is 23.1 Å². The van der Waals surface area contributed by atoms with Gasteiger partial charge in [-0.15, -0.1) is 0 Å². The van der Waals surface area contributed by atoms with E-state index in [1.807, 2.05) is 34.9 Å². The fourth-order valence-corrected chi connectivity index (χ4v) is 3.75. The summed E-state index contributed by atoms with van der Waals surface area (Å²) in [6.07, 6.45) is 1.48. The predicted molar refractivity (Wildman–Crippen MR) is 107 cm³/mol. The average molecular weight is 417 g/mol. The van der Waals surface area contributed by atoms with Crippen molar-refractivity contribution < 1.29 is 4.79 Å². The molecule has 0 aliphatic rings. The van der Waals surface area contributed by atoms with Crippen LogP contribution in [-0.4, -0.2) is 39.2 Å². The summed E-state index contributed by atoms with van der Waals surface area (Å²) in [5.74, 6) is 0.553. The number of hydrogen-bond acceptors (Lipinski definition) is 5. The molecule has 0 fully saturated rings. The Morgan fingerprint density at radius 2 is 1.88 bits per heavy atom. The van der Waals surface area contributed by atoms with E-state index >= 15 is 0 Å². The number of amides is 1. The normalized spacial score (nSPS) is 11.0. The molecule has 3 rings (SSSR count). The van der Waals surface area contributed by atoms with Crippen molar-refractivity contribution in [1.82, 2.24) is 19.7 Å². The van der Waals surface area contributed by atoms with Gasteiger partial charge in [-0.3, -0.25) is 4.79 Å². The number of hydrogen-bond donors (Lipinski definition) is 1. The Morgan fingerprint density at radius 1 is 1.23 bits per heavy atom. The standard InChI is InChI=1S/C18H21BrN6O/c1-10-6-11(2)15(12(3)7-10)22-13(26)8-24(4)17-14-16(19)23-25(5)18(14)21-9-20-17/h6-7,9H,8H2,1-5H3,(H,22,26). The first-order valence-electron chi connectivity index (χ1n) is 8.20. The number of rotatable bonds is 4. The van der Waals surface area contributed by atoms with Crippen LogP contribution >= 0.6 is 15.9 Å². The summed E-state index contributed by atoms with van der Waals surface area (Å²) in [6.45, 7) is 6.21. The number of anilines is 2. The molecule has 1 amide bonds. The Morgan fingerprint density at radius 3 is 2.54 bits per heavy atom. The molecular formula is C18H21BrN6O. The van der Waals surface area contributed by atoms with Gasteiger partial charge in [-0.2, -0.15) is 5.10 Å². The van der Waals surface area contributed by atoms with Gasteiger partial charge in [0.05, 0.1) is 11.9 Å². The molecule has 3 aromatic rings.